The number of thiazole rings is 5. The fourth-order valence-electron chi connectivity index (χ4n) is 13.9. The molecule has 720 valence electrons. The second kappa shape index (κ2) is 57.4. The molecule has 9 heterocycles. The van der Waals surface area contributed by atoms with Gasteiger partial charge in [0.2, 0.25) is 0 Å². The Morgan fingerprint density at radius 1 is 0.341 bits per heavy atom. The molecule has 3 unspecified atom stereocenters. The smallest absolute Gasteiger partial charge is 0.141 e. The Balaban J connectivity index is 0.000000213. The largest absolute Gasteiger partial charge is 0.513 e. The van der Waals surface area contributed by atoms with Crippen LogP contribution in [0.5, 0.6) is 0 Å². The molecule has 4 radical (unpaired) electrons. The average Bonchev–Trinajstić information content (AvgIpc) is 1.57. The van der Waals surface area contributed by atoms with Crippen LogP contribution >= 0.6 is 68.0 Å². The van der Waals surface area contributed by atoms with Gasteiger partial charge in [0.05, 0.1) is 63.4 Å². The molecule has 0 saturated carbocycles. The first-order valence-corrected chi connectivity index (χ1v) is 48.9. The summed E-state index contributed by atoms with van der Waals surface area (Å²) in [5.74, 6) is 0.486. The van der Waals surface area contributed by atoms with Crippen LogP contribution in [0.4, 0.5) is 0 Å². The summed E-state index contributed by atoms with van der Waals surface area (Å²) < 4.78 is 4.91. The van der Waals surface area contributed by atoms with Gasteiger partial charge in [0.1, 0.15) is 5.01 Å². The Bertz CT molecular complexity index is 6350. The Hall–Kier alpha value is -10.4. The van der Waals surface area contributed by atoms with Crippen molar-refractivity contribution in [3.05, 3.63) is 409 Å². The average molecular weight is 2650 g/mol. The van der Waals surface area contributed by atoms with Crippen molar-refractivity contribution >= 4 is 109 Å². The number of para-hydroxylation sites is 4. The standard InChI is InChI=1S/C22H20N.2C17H16NS.2C13H8NS.C9H6NS.C8H6N2S.3C5H10O2.4Ir/c1-3-22(4-2)19-10-6-5-9-17(19)18-13-12-16(15-20(18)22)21-11-7-8-14-23-21;2*1-17(2,3)13-10-8-12(9-11-13)16-18-14-6-4-5-7-15(14)19-16;2*1-2-6-10(7-3-1)13-14-11-8-4-5-9-12(11)15-13;1-2-6-10-8(4-1)9-5-3-7-11-9;1-2-4-9-7(3-1)8-10-5-6-11-8;3*1-4(6)3-5(2)7;;;;/h5-11,13-15H,3-4H2,1-2H3;2*4-8,10-11H,1-3H3;2*1-6,8-9H;1-4,6-7H;1-6H;3*3-4,6-7H,1-2H3;;;;/q6*-1;;;;;;;;. The van der Waals surface area contributed by atoms with Crippen molar-refractivity contribution in [3.8, 4) is 85.9 Å². The van der Waals surface area contributed by atoms with E-state index in [1.54, 1.807) is 107 Å². The van der Waals surface area contributed by atoms with Crippen LogP contribution in [0, 0.1) is 36.4 Å². The van der Waals surface area contributed by atoms with Crippen molar-refractivity contribution in [2.24, 2.45) is 0 Å². The first-order chi connectivity index (χ1) is 64.5. The summed E-state index contributed by atoms with van der Waals surface area (Å²) in [5.41, 5.74) is 21.2. The van der Waals surface area contributed by atoms with Crippen LogP contribution in [-0.2, 0) is 96.7 Å². The summed E-state index contributed by atoms with van der Waals surface area (Å²) in [7, 11) is 0. The van der Waals surface area contributed by atoms with E-state index in [0.29, 0.717) is 0 Å². The molecule has 0 spiro atoms. The summed E-state index contributed by atoms with van der Waals surface area (Å²) in [5, 5.41) is 59.8. The molecular weight excluding hydrogens is 2540 g/mol. The molecule has 24 heteroatoms. The van der Waals surface area contributed by atoms with Gasteiger partial charge in [0.15, 0.2) is 0 Å². The second-order valence-corrected chi connectivity index (χ2v) is 38.9. The molecule has 0 aliphatic heterocycles. The quantitative estimate of drug-likeness (QED) is 0.0495. The van der Waals surface area contributed by atoms with Gasteiger partial charge < -0.3 is 40.6 Å². The van der Waals surface area contributed by atoms with Gasteiger partial charge in [0.25, 0.3) is 0 Å². The number of hydrogen-bond acceptors (Lipinski definition) is 20. The van der Waals surface area contributed by atoms with Gasteiger partial charge in [-0.25, -0.2) is 16.3 Å². The van der Waals surface area contributed by atoms with Gasteiger partial charge in [-0.15, -0.1) is 189 Å². The molecule has 3 atom stereocenters. The first kappa shape index (κ1) is 115. The predicted molar refractivity (Wildman–Crippen MR) is 564 cm³/mol. The molecule has 14 nitrogen and oxygen atoms in total. The number of hydrogen-bond donors (Lipinski definition) is 6. The Labute approximate surface area is 889 Å². The molecule has 0 bridgehead atoms. The molecule has 20 rings (SSSR count). The fourth-order valence-corrected chi connectivity index (χ4v) is 19.0. The Morgan fingerprint density at radius 2 is 0.703 bits per heavy atom. The molecule has 10 aromatic carbocycles. The zero-order valence-electron chi connectivity index (χ0n) is 78.9. The van der Waals surface area contributed by atoms with Crippen LogP contribution in [0.3, 0.4) is 0 Å². The van der Waals surface area contributed by atoms with Gasteiger partial charge >= 0.3 is 0 Å². The summed E-state index contributed by atoms with van der Waals surface area (Å²) in [6.45, 7) is 27.2. The molecule has 1 aliphatic rings. The topological polar surface area (TPSA) is 224 Å². The van der Waals surface area contributed by atoms with E-state index in [1.807, 2.05) is 169 Å². The Kier molecular flexibility index (Phi) is 47.7. The first-order valence-electron chi connectivity index (χ1n) is 43.9. The minimum Gasteiger partial charge on any atom is -0.513 e. The number of aliphatic hydroxyl groups excluding tert-OH is 6. The summed E-state index contributed by atoms with van der Waals surface area (Å²) in [6, 6.07) is 114. The van der Waals surface area contributed by atoms with E-state index < -0.39 is 18.3 Å². The van der Waals surface area contributed by atoms with Crippen LogP contribution in [0.15, 0.2) is 350 Å². The van der Waals surface area contributed by atoms with Crippen LogP contribution < -0.4 is 0 Å². The number of benzene rings is 10. The van der Waals surface area contributed by atoms with Crippen LogP contribution in [0.2, 0.25) is 0 Å². The molecule has 9 aromatic heterocycles. The van der Waals surface area contributed by atoms with Gasteiger partial charge in [-0.05, 0) is 173 Å². The summed E-state index contributed by atoms with van der Waals surface area (Å²) >= 11 is 10.1. The third kappa shape index (κ3) is 34.6. The van der Waals surface area contributed by atoms with Crippen LogP contribution in [-0.4, -0.2) is 88.8 Å². The molecule has 138 heavy (non-hydrogen) atoms. The van der Waals surface area contributed by atoms with E-state index in [9.17, 15) is 0 Å². The van der Waals surface area contributed by atoms with E-state index >= 15 is 0 Å². The molecule has 6 N–H and O–H groups in total. The van der Waals surface area contributed by atoms with Crippen LogP contribution in [0.25, 0.3) is 127 Å². The maximum atomic E-state index is 8.49. The number of aliphatic hydroxyl groups is 6. The third-order valence-electron chi connectivity index (χ3n) is 20.3. The van der Waals surface area contributed by atoms with Gasteiger partial charge in [0, 0.05) is 155 Å². The number of thiophene rings is 1. The van der Waals surface area contributed by atoms with Crippen LogP contribution in [0.1, 0.15) is 132 Å². The minimum atomic E-state index is -0.537. The van der Waals surface area contributed by atoms with Crippen molar-refractivity contribution in [1.82, 2.24) is 39.9 Å². The van der Waals surface area contributed by atoms with Crippen molar-refractivity contribution in [2.45, 2.75) is 144 Å². The SMILES string of the molecule is CC(C)(C)c1c[c-]c(-c2nc3ccccc3s2)cc1.CC(C)(C)c1c[c-]c(-c2nc3ccccc3s2)cc1.CC(O)=CC(C)O.CC(O)=CC(C)O.CC(O)=CC(C)O.CCC1(CC)c2ccccc2-c2c[c-]c(-c3ccccn3)cc21.[Ir].[Ir].[Ir].[Ir].[c-]1ccccc1-c1nc2ccccc2s1.[c-]1ccccc1-c1nc2ccccc2s1.[c-]1ccsc1-c1ccccn1.c1ccc(-c2nccs2)nc1. The third-order valence-corrected chi connectivity index (χ3v) is 26.3. The molecular formula is C114H110Ir4N8O6S6-6. The van der Waals surface area contributed by atoms with Crippen molar-refractivity contribution in [2.75, 3.05) is 0 Å². The number of allylic oxidation sites excluding steroid dienone is 3. The normalized spacial score (nSPS) is 12.1. The number of aromatic nitrogens is 8. The number of nitrogens with zero attached hydrogens (tertiary/aromatic N) is 8. The maximum Gasteiger partial charge on any atom is 0.141 e. The van der Waals surface area contributed by atoms with Gasteiger partial charge in [-0.1, -0.05) is 175 Å². The Morgan fingerprint density at radius 3 is 1.01 bits per heavy atom. The van der Waals surface area contributed by atoms with E-state index in [0.717, 1.165) is 110 Å². The molecule has 0 saturated heterocycles. The monoisotopic (exact) mass is 2650 g/mol. The number of rotatable bonds is 12. The van der Waals surface area contributed by atoms with Gasteiger partial charge in [-0.2, -0.15) is 57.5 Å². The zero-order valence-corrected chi connectivity index (χ0v) is 93.4. The van der Waals surface area contributed by atoms with E-state index in [4.69, 9.17) is 30.6 Å². The van der Waals surface area contributed by atoms with E-state index in [1.165, 1.54) is 91.2 Å². The maximum absolute atomic E-state index is 8.49. The van der Waals surface area contributed by atoms with Crippen molar-refractivity contribution < 1.29 is 111 Å². The predicted octanol–water partition coefficient (Wildman–Crippen LogP) is 30.6. The second-order valence-electron chi connectivity index (χ2n) is 33.0. The van der Waals surface area contributed by atoms with Crippen molar-refractivity contribution in [1.29, 1.82) is 0 Å². The van der Waals surface area contributed by atoms with Gasteiger partial charge in [-0.3, -0.25) is 24.9 Å². The number of pyridine rings is 3. The molecule has 0 amide bonds. The number of fused-ring (bicyclic) bond motifs is 7. The van der Waals surface area contributed by atoms with E-state index in [2.05, 4.69) is 259 Å². The summed E-state index contributed by atoms with van der Waals surface area (Å²) in [6.07, 6.45) is 11.9. The summed E-state index contributed by atoms with van der Waals surface area (Å²) in [4.78, 5) is 36.6. The zero-order chi connectivity index (χ0) is 95.6. The fraction of sp³-hybridized carbons (Fsp3) is 0.193. The molecule has 19 aromatic rings. The minimum absolute atomic E-state index is 0. The molecule has 1 aliphatic carbocycles. The van der Waals surface area contributed by atoms with E-state index in [-0.39, 0.29) is 114 Å². The van der Waals surface area contributed by atoms with Crippen molar-refractivity contribution in [3.63, 3.8) is 0 Å². The molecule has 0 fully saturated rings.